The van der Waals surface area contributed by atoms with E-state index < -0.39 is 0 Å². The van der Waals surface area contributed by atoms with E-state index in [0.717, 1.165) is 36.1 Å². The number of nitrogens with one attached hydrogen (secondary N) is 1. The van der Waals surface area contributed by atoms with Gasteiger partial charge in [0.25, 0.3) is 0 Å². The molecule has 0 bridgehead atoms. The number of aromatic amines is 1. The second-order valence-electron chi connectivity index (χ2n) is 12.6. The number of aromatic nitrogens is 2. The SMILES string of the molecule is C#Cc1ccc(CC2CCC(C(C(=C)CCc3ccccc3)c3ccc(C4=CC(C)C=C4)cc3)CC2)cc1-c1ccn[nH]1. The van der Waals surface area contributed by atoms with Crippen LogP contribution in [0.5, 0.6) is 0 Å². The van der Waals surface area contributed by atoms with Crippen LogP contribution in [0.2, 0.25) is 0 Å². The van der Waals surface area contributed by atoms with Crippen LogP contribution >= 0.6 is 0 Å². The van der Waals surface area contributed by atoms with E-state index in [4.69, 9.17) is 13.0 Å². The maximum atomic E-state index is 5.81. The lowest BCUT2D eigenvalue weighted by Crippen LogP contribution is -2.23. The van der Waals surface area contributed by atoms with Crippen LogP contribution in [0.25, 0.3) is 16.8 Å². The van der Waals surface area contributed by atoms with E-state index in [1.165, 1.54) is 59.1 Å². The van der Waals surface area contributed by atoms with Gasteiger partial charge in [-0.15, -0.1) is 6.42 Å². The number of rotatable bonds is 10. The number of hydrogen-bond acceptors (Lipinski definition) is 1. The van der Waals surface area contributed by atoms with E-state index in [1.54, 1.807) is 6.20 Å². The summed E-state index contributed by atoms with van der Waals surface area (Å²) >= 11 is 0. The van der Waals surface area contributed by atoms with Gasteiger partial charge < -0.3 is 0 Å². The largest absolute Gasteiger partial charge is 0.278 e. The first kappa shape index (κ1) is 28.8. The molecule has 3 aromatic carbocycles. The molecule has 1 N–H and O–H groups in total. The van der Waals surface area contributed by atoms with Crippen molar-refractivity contribution in [1.82, 2.24) is 10.2 Å². The minimum atomic E-state index is 0.396. The topological polar surface area (TPSA) is 28.7 Å². The number of allylic oxidation sites excluding steroid dienone is 5. The molecule has 1 heterocycles. The molecule has 0 amide bonds. The summed E-state index contributed by atoms with van der Waals surface area (Å²) in [5.41, 5.74) is 11.2. The second-order valence-corrected chi connectivity index (χ2v) is 12.6. The Labute approximate surface area is 257 Å². The highest BCUT2D eigenvalue weighted by Crippen LogP contribution is 2.44. The van der Waals surface area contributed by atoms with E-state index in [9.17, 15) is 0 Å². The van der Waals surface area contributed by atoms with Crippen molar-refractivity contribution in [3.63, 3.8) is 0 Å². The highest BCUT2D eigenvalue weighted by atomic mass is 15.1. The van der Waals surface area contributed by atoms with Crippen molar-refractivity contribution in [2.24, 2.45) is 17.8 Å². The molecule has 2 unspecified atom stereocenters. The number of terminal acetylenes is 1. The number of hydrogen-bond donors (Lipinski definition) is 1. The molecule has 0 saturated heterocycles. The Bertz CT molecular complexity index is 1620. The fourth-order valence-electron chi connectivity index (χ4n) is 7.20. The molecule has 1 aromatic heterocycles. The Morgan fingerprint density at radius 1 is 0.977 bits per heavy atom. The fourth-order valence-corrected chi connectivity index (χ4v) is 7.20. The lowest BCUT2D eigenvalue weighted by Gasteiger charge is -2.36. The summed E-state index contributed by atoms with van der Waals surface area (Å²) in [6.07, 6.45) is 22.6. The third kappa shape index (κ3) is 6.84. The van der Waals surface area contributed by atoms with Gasteiger partial charge in [-0.3, -0.25) is 5.10 Å². The molecule has 6 rings (SSSR count). The summed E-state index contributed by atoms with van der Waals surface area (Å²) < 4.78 is 0. The standard InChI is InChI=1S/C41H42N2/c1-4-34-17-15-33(28-39(34)40-24-25-42-43-40)27-32-13-18-36(19-14-32)41(30(3)11-12-31-8-6-5-7-9-31)37-22-20-35(21-23-37)38-16-10-29(2)26-38/h1,5-10,15-17,20-26,28-29,32,36,41H,3,11-14,18-19,27H2,2H3,(H,42,43). The zero-order valence-corrected chi connectivity index (χ0v) is 25.3. The molecule has 2 nitrogen and oxygen atoms in total. The van der Waals surface area contributed by atoms with Crippen molar-refractivity contribution in [1.29, 1.82) is 0 Å². The average Bonchev–Trinajstić information content (AvgIpc) is 3.74. The quantitative estimate of drug-likeness (QED) is 0.151. The zero-order valence-electron chi connectivity index (χ0n) is 25.3. The van der Waals surface area contributed by atoms with Gasteiger partial charge in [0.2, 0.25) is 0 Å². The Balaban J connectivity index is 1.16. The van der Waals surface area contributed by atoms with Crippen LogP contribution in [0.15, 0.2) is 115 Å². The lowest BCUT2D eigenvalue weighted by atomic mass is 9.69. The minimum Gasteiger partial charge on any atom is -0.278 e. The number of H-pyrrole nitrogens is 1. The summed E-state index contributed by atoms with van der Waals surface area (Å²) in [4.78, 5) is 0. The summed E-state index contributed by atoms with van der Waals surface area (Å²) in [7, 11) is 0. The maximum absolute atomic E-state index is 5.81. The predicted octanol–water partition coefficient (Wildman–Crippen LogP) is 9.97. The van der Waals surface area contributed by atoms with Crippen molar-refractivity contribution >= 4 is 5.57 Å². The second kappa shape index (κ2) is 13.3. The number of nitrogens with zero attached hydrogens (tertiary/aromatic N) is 1. The third-order valence-electron chi connectivity index (χ3n) is 9.56. The van der Waals surface area contributed by atoms with Crippen molar-refractivity contribution in [3.05, 3.63) is 143 Å². The number of benzene rings is 3. The predicted molar refractivity (Wildman–Crippen MR) is 180 cm³/mol. The van der Waals surface area contributed by atoms with E-state index in [2.05, 4.69) is 114 Å². The van der Waals surface area contributed by atoms with Crippen LogP contribution in [0.3, 0.4) is 0 Å². The van der Waals surface area contributed by atoms with Crippen LogP contribution in [0.1, 0.15) is 72.8 Å². The monoisotopic (exact) mass is 562 g/mol. The third-order valence-corrected chi connectivity index (χ3v) is 9.56. The molecular formula is C41H42N2. The Morgan fingerprint density at radius 3 is 2.44 bits per heavy atom. The highest BCUT2D eigenvalue weighted by molar-refractivity contribution is 5.77. The zero-order chi connectivity index (χ0) is 29.6. The van der Waals surface area contributed by atoms with Crippen molar-refractivity contribution < 1.29 is 0 Å². The van der Waals surface area contributed by atoms with Gasteiger partial charge in [0.1, 0.15) is 0 Å². The maximum Gasteiger partial charge on any atom is 0.0662 e. The fraction of sp³-hybridized carbons (Fsp3) is 0.293. The smallest absolute Gasteiger partial charge is 0.0662 e. The van der Waals surface area contributed by atoms with Gasteiger partial charge in [0.05, 0.1) is 5.69 Å². The molecule has 43 heavy (non-hydrogen) atoms. The normalized spacial score (nSPS) is 20.4. The van der Waals surface area contributed by atoms with Gasteiger partial charge in [-0.1, -0.05) is 104 Å². The molecule has 216 valence electrons. The average molecular weight is 563 g/mol. The molecule has 1 fully saturated rings. The van der Waals surface area contributed by atoms with Crippen LogP contribution in [0, 0.1) is 30.1 Å². The first-order valence-corrected chi connectivity index (χ1v) is 15.9. The molecule has 2 heteroatoms. The minimum absolute atomic E-state index is 0.396. The van der Waals surface area contributed by atoms with E-state index >= 15 is 0 Å². The molecule has 2 aliphatic carbocycles. The van der Waals surface area contributed by atoms with Crippen LogP contribution in [-0.2, 0) is 12.8 Å². The molecule has 1 saturated carbocycles. The van der Waals surface area contributed by atoms with E-state index in [0.29, 0.717) is 23.7 Å². The van der Waals surface area contributed by atoms with Crippen molar-refractivity contribution in [2.75, 3.05) is 0 Å². The lowest BCUT2D eigenvalue weighted by molar-refractivity contribution is 0.252. The van der Waals surface area contributed by atoms with Crippen molar-refractivity contribution in [2.45, 2.75) is 57.8 Å². The molecule has 0 aliphatic heterocycles. The Kier molecular flexibility index (Phi) is 8.90. The molecular weight excluding hydrogens is 520 g/mol. The van der Waals surface area contributed by atoms with Gasteiger partial charge in [0, 0.05) is 23.2 Å². The van der Waals surface area contributed by atoms with Gasteiger partial charge >= 0.3 is 0 Å². The van der Waals surface area contributed by atoms with Crippen LogP contribution < -0.4 is 0 Å². The van der Waals surface area contributed by atoms with Gasteiger partial charge in [-0.05, 0) is 109 Å². The summed E-state index contributed by atoms with van der Waals surface area (Å²) in [6.45, 7) is 6.96. The molecule has 0 spiro atoms. The van der Waals surface area contributed by atoms with Gasteiger partial charge in [-0.25, -0.2) is 0 Å². The first-order valence-electron chi connectivity index (χ1n) is 15.9. The summed E-state index contributed by atoms with van der Waals surface area (Å²) in [6, 6.07) is 28.8. The Hall–Kier alpha value is -4.35. The molecule has 2 atom stereocenters. The van der Waals surface area contributed by atoms with Crippen molar-refractivity contribution in [3.8, 4) is 23.6 Å². The Morgan fingerprint density at radius 2 is 1.77 bits per heavy atom. The number of aryl methyl sites for hydroxylation is 1. The van der Waals surface area contributed by atoms with E-state index in [1.807, 2.05) is 6.07 Å². The molecule has 0 radical (unpaired) electrons. The highest BCUT2D eigenvalue weighted by Gasteiger charge is 2.30. The van der Waals surface area contributed by atoms with E-state index in [-0.39, 0.29) is 0 Å². The summed E-state index contributed by atoms with van der Waals surface area (Å²) in [5.74, 6) is 5.06. The summed E-state index contributed by atoms with van der Waals surface area (Å²) in [5, 5.41) is 7.22. The van der Waals surface area contributed by atoms with Gasteiger partial charge in [-0.2, -0.15) is 5.10 Å². The first-order chi connectivity index (χ1) is 21.1. The molecule has 2 aliphatic rings. The molecule has 4 aromatic rings. The van der Waals surface area contributed by atoms with Crippen LogP contribution in [0.4, 0.5) is 0 Å². The van der Waals surface area contributed by atoms with Crippen LogP contribution in [-0.4, -0.2) is 10.2 Å². The van der Waals surface area contributed by atoms with Gasteiger partial charge in [0.15, 0.2) is 0 Å².